The molecule has 5 heteroatoms. The number of rotatable bonds is 2. The largest absolute Gasteiger partial charge is 0.343 e. The Morgan fingerprint density at radius 2 is 1.80 bits per heavy atom. The van der Waals surface area contributed by atoms with Crippen molar-refractivity contribution < 1.29 is 4.79 Å². The van der Waals surface area contributed by atoms with E-state index in [0.29, 0.717) is 6.54 Å². The van der Waals surface area contributed by atoms with Crippen LogP contribution in [0.3, 0.4) is 0 Å². The summed E-state index contributed by atoms with van der Waals surface area (Å²) in [5.74, 6) is 0. The van der Waals surface area contributed by atoms with E-state index >= 15 is 0 Å². The lowest BCUT2D eigenvalue weighted by Crippen LogP contribution is -2.56. The second kappa shape index (κ2) is 5.19. The quantitative estimate of drug-likeness (QED) is 0.777. The van der Waals surface area contributed by atoms with Gasteiger partial charge in [0.05, 0.1) is 6.04 Å². The van der Waals surface area contributed by atoms with Crippen LogP contribution in [-0.4, -0.2) is 25.4 Å². The molecule has 0 radical (unpaired) electrons. The van der Waals surface area contributed by atoms with Gasteiger partial charge >= 0.3 is 6.03 Å². The molecule has 0 bridgehead atoms. The molecule has 1 aliphatic heterocycles. The molecule has 1 aromatic carbocycles. The molecule has 1 heterocycles. The number of amides is 2. The smallest absolute Gasteiger partial charge is 0.310 e. The molecule has 1 unspecified atom stereocenters. The first kappa shape index (κ1) is 15.6. The second-order valence-electron chi connectivity index (χ2n) is 6.93. The molecule has 0 aromatic heterocycles. The summed E-state index contributed by atoms with van der Waals surface area (Å²) in [6.07, 6.45) is 0. The molecule has 110 valence electrons. The minimum Gasteiger partial charge on any atom is -0.343 e. The molecule has 1 fully saturated rings. The predicted octanol–water partition coefficient (Wildman–Crippen LogP) is 4.52. The number of hydrogen-bond acceptors (Lipinski definition) is 1. The topological polar surface area (TPSA) is 32.3 Å². The summed E-state index contributed by atoms with van der Waals surface area (Å²) < 4.78 is 3.20. The lowest BCUT2D eigenvalue weighted by atomic mass is 10.1. The zero-order valence-corrected chi connectivity index (χ0v) is 15.4. The number of benzene rings is 1. The Balaban J connectivity index is 2.39. The molecule has 1 saturated heterocycles. The van der Waals surface area contributed by atoms with Gasteiger partial charge < -0.3 is 9.88 Å². The van der Waals surface area contributed by atoms with Crippen LogP contribution in [0.15, 0.2) is 28.7 Å². The number of nitrogens with one attached hydrogen (secondary N) is 1. The molecule has 1 atom stereocenters. The van der Waals surface area contributed by atoms with Crippen LogP contribution in [-0.2, 0) is 0 Å². The van der Waals surface area contributed by atoms with Crippen molar-refractivity contribution in [1.29, 1.82) is 0 Å². The predicted molar refractivity (Wildman–Crippen MR) is 89.3 cm³/mol. The van der Waals surface area contributed by atoms with Gasteiger partial charge in [0, 0.05) is 11.0 Å². The van der Waals surface area contributed by atoms with E-state index in [2.05, 4.69) is 71.8 Å². The van der Waals surface area contributed by atoms with Gasteiger partial charge in [-0.3, -0.25) is 0 Å². The number of carbonyl (C=O) groups is 1. The summed E-state index contributed by atoms with van der Waals surface area (Å²) in [5, 5.41) is 3.16. The maximum atomic E-state index is 12.4. The van der Waals surface area contributed by atoms with Gasteiger partial charge in [0.2, 0.25) is 0 Å². The van der Waals surface area contributed by atoms with Gasteiger partial charge in [-0.1, -0.05) is 61.9 Å². The Kier molecular flexibility index (Phi) is 4.04. The van der Waals surface area contributed by atoms with Gasteiger partial charge in [0.1, 0.15) is 0 Å². The first-order chi connectivity index (χ1) is 9.14. The molecule has 1 aliphatic rings. The highest BCUT2D eigenvalue weighted by molar-refractivity contribution is 9.10. The summed E-state index contributed by atoms with van der Waals surface area (Å²) in [6, 6.07) is 8.54. The van der Waals surface area contributed by atoms with Gasteiger partial charge in [-0.25, -0.2) is 4.79 Å². The summed E-state index contributed by atoms with van der Waals surface area (Å²) in [5.41, 5.74) is 1.20. The van der Waals surface area contributed by atoms with Gasteiger partial charge in [-0.2, -0.15) is 0 Å². The maximum absolute atomic E-state index is 12.4. The third-order valence-corrected chi connectivity index (χ3v) is 10.6. The second-order valence-corrected chi connectivity index (χ2v) is 12.9. The zero-order chi connectivity index (χ0) is 15.1. The van der Waals surface area contributed by atoms with E-state index in [1.807, 2.05) is 12.1 Å². The molecule has 2 amide bonds. The molecule has 1 N–H and O–H groups in total. The number of urea groups is 1. The summed E-state index contributed by atoms with van der Waals surface area (Å²) >= 11 is 3.46. The molecule has 3 nitrogen and oxygen atoms in total. The third kappa shape index (κ3) is 2.65. The third-order valence-electron chi connectivity index (χ3n) is 4.67. The van der Waals surface area contributed by atoms with Gasteiger partial charge in [0.25, 0.3) is 0 Å². The van der Waals surface area contributed by atoms with Crippen molar-refractivity contribution in [3.63, 3.8) is 0 Å². The first-order valence-electron chi connectivity index (χ1n) is 6.97. The highest BCUT2D eigenvalue weighted by Gasteiger charge is 2.49. The van der Waals surface area contributed by atoms with Crippen LogP contribution in [0.2, 0.25) is 18.1 Å². The zero-order valence-electron chi connectivity index (χ0n) is 12.8. The molecule has 1 aromatic rings. The fraction of sp³-hybridized carbons (Fsp3) is 0.533. The van der Waals surface area contributed by atoms with Crippen molar-refractivity contribution in [2.75, 3.05) is 6.54 Å². The van der Waals surface area contributed by atoms with Crippen molar-refractivity contribution in [3.05, 3.63) is 34.3 Å². The number of hydrogen-bond donors (Lipinski definition) is 1. The maximum Gasteiger partial charge on any atom is 0.310 e. The van der Waals surface area contributed by atoms with Crippen molar-refractivity contribution in [1.82, 2.24) is 9.88 Å². The van der Waals surface area contributed by atoms with Crippen LogP contribution in [0, 0.1) is 0 Å². The van der Waals surface area contributed by atoms with Crippen LogP contribution >= 0.6 is 15.9 Å². The normalized spacial score (nSPS) is 20.2. The molecule has 0 saturated carbocycles. The molecular weight excluding hydrogens is 332 g/mol. The minimum atomic E-state index is -1.88. The summed E-state index contributed by atoms with van der Waals surface area (Å²) in [4.78, 5) is 12.4. The van der Waals surface area contributed by atoms with Gasteiger partial charge in [0.15, 0.2) is 8.24 Å². The van der Waals surface area contributed by atoms with E-state index < -0.39 is 8.24 Å². The standard InChI is InChI=1S/C15H23BrN2OSi/c1-15(2,3)20(4,5)18-13(10-17-14(18)19)11-6-8-12(16)9-7-11/h6-9,13H,10H2,1-5H3,(H,17,19). The van der Waals surface area contributed by atoms with Crippen LogP contribution in [0.1, 0.15) is 32.4 Å². The van der Waals surface area contributed by atoms with E-state index in [1.54, 1.807) is 0 Å². The number of halogens is 1. The summed E-state index contributed by atoms with van der Waals surface area (Å²) in [7, 11) is -1.88. The van der Waals surface area contributed by atoms with Crippen LogP contribution in [0.4, 0.5) is 4.79 Å². The SMILES string of the molecule is CC(C)(C)[Si](C)(C)N1C(=O)NCC1c1ccc(Br)cc1. The molecule has 2 rings (SSSR count). The first-order valence-corrected chi connectivity index (χ1v) is 10.7. The Bertz CT molecular complexity index is 508. The Hall–Kier alpha value is -0.813. The average molecular weight is 355 g/mol. The van der Waals surface area contributed by atoms with Crippen molar-refractivity contribution in [2.45, 2.75) is 44.9 Å². The van der Waals surface area contributed by atoms with Gasteiger partial charge in [-0.05, 0) is 22.7 Å². The molecule has 20 heavy (non-hydrogen) atoms. The van der Waals surface area contributed by atoms with Crippen molar-refractivity contribution in [3.8, 4) is 0 Å². The lowest BCUT2D eigenvalue weighted by Gasteiger charge is -2.46. The summed E-state index contributed by atoms with van der Waals surface area (Å²) in [6.45, 7) is 12.0. The fourth-order valence-corrected chi connectivity index (χ4v) is 5.05. The Morgan fingerprint density at radius 1 is 1.25 bits per heavy atom. The fourth-order valence-electron chi connectivity index (χ4n) is 2.46. The van der Waals surface area contributed by atoms with E-state index in [0.717, 1.165) is 4.47 Å². The molecular formula is C15H23BrN2OSi. The van der Waals surface area contributed by atoms with E-state index in [1.165, 1.54) is 5.56 Å². The lowest BCUT2D eigenvalue weighted by molar-refractivity contribution is 0.228. The van der Waals surface area contributed by atoms with Crippen molar-refractivity contribution in [2.24, 2.45) is 0 Å². The highest BCUT2D eigenvalue weighted by Crippen LogP contribution is 2.43. The van der Waals surface area contributed by atoms with Gasteiger partial charge in [-0.15, -0.1) is 0 Å². The van der Waals surface area contributed by atoms with Crippen LogP contribution in [0.25, 0.3) is 0 Å². The van der Waals surface area contributed by atoms with E-state index in [4.69, 9.17) is 0 Å². The van der Waals surface area contributed by atoms with E-state index in [-0.39, 0.29) is 17.1 Å². The highest BCUT2D eigenvalue weighted by atomic mass is 79.9. The van der Waals surface area contributed by atoms with Crippen LogP contribution in [0.5, 0.6) is 0 Å². The van der Waals surface area contributed by atoms with Crippen LogP contribution < -0.4 is 5.32 Å². The number of nitrogens with zero attached hydrogens (tertiary/aromatic N) is 1. The average Bonchev–Trinajstić information content (AvgIpc) is 2.71. The number of carbonyl (C=O) groups excluding carboxylic acids is 1. The van der Waals surface area contributed by atoms with E-state index in [9.17, 15) is 4.79 Å². The monoisotopic (exact) mass is 354 g/mol. The molecule has 0 aliphatic carbocycles. The van der Waals surface area contributed by atoms with Crippen molar-refractivity contribution >= 4 is 30.2 Å². The minimum absolute atomic E-state index is 0.0875. The molecule has 0 spiro atoms. The Labute approximate surface area is 131 Å². The Morgan fingerprint density at radius 3 is 2.30 bits per heavy atom.